The fraction of sp³-hybridized carbons (Fsp3) is 0.455. The van der Waals surface area contributed by atoms with Crippen LogP contribution in [0.25, 0.3) is 10.8 Å². The number of hydrogen-bond acceptors (Lipinski definition) is 4. The molecule has 142 valence electrons. The number of rotatable bonds is 5. The molecule has 0 aromatic heterocycles. The van der Waals surface area contributed by atoms with Crippen LogP contribution in [-0.2, 0) is 4.79 Å². The Bertz CT molecular complexity index is 865. The van der Waals surface area contributed by atoms with E-state index in [2.05, 4.69) is 6.07 Å². The monoisotopic (exact) mass is 366 g/mol. The lowest BCUT2D eigenvalue weighted by Crippen LogP contribution is -2.53. The summed E-state index contributed by atoms with van der Waals surface area (Å²) in [5, 5.41) is 11.8. The fourth-order valence-electron chi connectivity index (χ4n) is 3.80. The number of nitrogens with zero attached hydrogens (tertiary/aromatic N) is 2. The highest BCUT2D eigenvalue weighted by atomic mass is 16.5. The molecule has 2 aromatic carbocycles. The lowest BCUT2D eigenvalue weighted by molar-refractivity contribution is -0.141. The third-order valence-electron chi connectivity index (χ3n) is 5.54. The van der Waals surface area contributed by atoms with Gasteiger partial charge >= 0.3 is 0 Å². The summed E-state index contributed by atoms with van der Waals surface area (Å²) in [5.41, 5.74) is -0.705. The van der Waals surface area contributed by atoms with Crippen molar-refractivity contribution in [3.8, 4) is 17.6 Å². The lowest BCUT2D eigenvalue weighted by atomic mass is 9.81. The number of benzene rings is 2. The van der Waals surface area contributed by atoms with Gasteiger partial charge in [-0.25, -0.2) is 0 Å². The van der Waals surface area contributed by atoms with E-state index in [1.807, 2.05) is 36.4 Å². The number of carbonyl (C=O) groups is 1. The summed E-state index contributed by atoms with van der Waals surface area (Å²) in [6, 6.07) is 14.0. The lowest BCUT2D eigenvalue weighted by Gasteiger charge is -2.40. The molecule has 0 aliphatic heterocycles. The highest BCUT2D eigenvalue weighted by Crippen LogP contribution is 2.33. The van der Waals surface area contributed by atoms with E-state index in [-0.39, 0.29) is 5.91 Å². The third kappa shape index (κ3) is 3.85. The third-order valence-corrected chi connectivity index (χ3v) is 5.54. The molecule has 0 heterocycles. The Morgan fingerprint density at radius 3 is 2.37 bits per heavy atom. The average molecular weight is 366 g/mol. The first-order valence-electron chi connectivity index (χ1n) is 9.42. The van der Waals surface area contributed by atoms with Gasteiger partial charge in [0.05, 0.1) is 13.2 Å². The van der Waals surface area contributed by atoms with Crippen molar-refractivity contribution >= 4 is 16.7 Å². The van der Waals surface area contributed by atoms with Gasteiger partial charge in [0.2, 0.25) is 0 Å². The molecule has 0 bridgehead atoms. The number of fused-ring (bicyclic) bond motifs is 1. The summed E-state index contributed by atoms with van der Waals surface area (Å²) in [6.45, 7) is 1.74. The Morgan fingerprint density at radius 2 is 1.74 bits per heavy atom. The van der Waals surface area contributed by atoms with E-state index in [9.17, 15) is 10.1 Å². The Balaban J connectivity index is 1.75. The first-order valence-corrected chi connectivity index (χ1v) is 9.42. The van der Waals surface area contributed by atoms with Gasteiger partial charge in [-0.1, -0.05) is 31.4 Å². The van der Waals surface area contributed by atoms with Gasteiger partial charge in [-0.15, -0.1) is 0 Å². The molecule has 0 N–H and O–H groups in total. The predicted octanol–water partition coefficient (Wildman–Crippen LogP) is 4.30. The molecule has 1 fully saturated rings. The number of ether oxygens (including phenoxy) is 2. The van der Waals surface area contributed by atoms with E-state index < -0.39 is 11.6 Å². The predicted molar refractivity (Wildman–Crippen MR) is 105 cm³/mol. The van der Waals surface area contributed by atoms with Crippen molar-refractivity contribution in [3.63, 3.8) is 0 Å². The maximum absolute atomic E-state index is 12.9. The number of amides is 1. The smallest absolute Gasteiger partial charge is 0.264 e. The van der Waals surface area contributed by atoms with Gasteiger partial charge in [-0.3, -0.25) is 4.79 Å². The Morgan fingerprint density at radius 1 is 1.11 bits per heavy atom. The topological polar surface area (TPSA) is 62.6 Å². The van der Waals surface area contributed by atoms with Gasteiger partial charge in [0, 0.05) is 7.05 Å². The van der Waals surface area contributed by atoms with Crippen LogP contribution in [-0.4, -0.2) is 36.6 Å². The van der Waals surface area contributed by atoms with E-state index in [1.54, 1.807) is 26.0 Å². The highest BCUT2D eigenvalue weighted by molar-refractivity contribution is 5.86. The minimum absolute atomic E-state index is 0.163. The molecule has 1 atom stereocenters. The Kier molecular flexibility index (Phi) is 5.55. The summed E-state index contributed by atoms with van der Waals surface area (Å²) >= 11 is 0. The largest absolute Gasteiger partial charge is 0.497 e. The Labute approximate surface area is 160 Å². The van der Waals surface area contributed by atoms with E-state index in [4.69, 9.17) is 9.47 Å². The van der Waals surface area contributed by atoms with Crippen molar-refractivity contribution in [3.05, 3.63) is 36.4 Å². The van der Waals surface area contributed by atoms with Crippen LogP contribution in [0.3, 0.4) is 0 Å². The molecule has 1 aliphatic carbocycles. The molecule has 3 rings (SSSR count). The van der Waals surface area contributed by atoms with Crippen molar-refractivity contribution in [2.45, 2.75) is 50.7 Å². The summed E-state index contributed by atoms with van der Waals surface area (Å²) in [6.07, 6.45) is 3.88. The molecule has 1 saturated carbocycles. The number of carbonyl (C=O) groups excluding carboxylic acids is 1. The number of nitriles is 1. The van der Waals surface area contributed by atoms with Gasteiger partial charge < -0.3 is 14.4 Å². The summed E-state index contributed by atoms with van der Waals surface area (Å²) in [5.74, 6) is 1.24. The minimum atomic E-state index is -0.705. The molecule has 0 radical (unpaired) electrons. The van der Waals surface area contributed by atoms with Crippen LogP contribution in [0.5, 0.6) is 11.5 Å². The SMILES string of the molecule is COc1ccc2ccc(O[C@H](C)C(=O)N(C)C3(C#N)CCCCC3)cc2c1. The van der Waals surface area contributed by atoms with E-state index in [0.29, 0.717) is 5.75 Å². The van der Waals surface area contributed by atoms with Gasteiger partial charge in [-0.05, 0) is 54.8 Å². The van der Waals surface area contributed by atoms with Crippen molar-refractivity contribution in [2.24, 2.45) is 0 Å². The van der Waals surface area contributed by atoms with Crippen molar-refractivity contribution in [1.29, 1.82) is 5.26 Å². The van der Waals surface area contributed by atoms with Crippen LogP contribution >= 0.6 is 0 Å². The first kappa shape index (κ1) is 19.0. The van der Waals surface area contributed by atoms with Gasteiger partial charge in [0.15, 0.2) is 6.10 Å². The summed E-state index contributed by atoms with van der Waals surface area (Å²) in [4.78, 5) is 14.5. The second-order valence-corrected chi connectivity index (χ2v) is 7.24. The maximum atomic E-state index is 12.9. The van der Waals surface area contributed by atoms with E-state index in [0.717, 1.165) is 48.6 Å². The zero-order valence-corrected chi connectivity index (χ0v) is 16.2. The van der Waals surface area contributed by atoms with Crippen molar-refractivity contribution in [1.82, 2.24) is 4.90 Å². The van der Waals surface area contributed by atoms with Crippen molar-refractivity contribution in [2.75, 3.05) is 14.2 Å². The molecule has 0 unspecified atom stereocenters. The maximum Gasteiger partial charge on any atom is 0.264 e. The number of likely N-dealkylation sites (N-methyl/N-ethyl adjacent to an activating group) is 1. The number of hydrogen-bond donors (Lipinski definition) is 0. The average Bonchev–Trinajstić information content (AvgIpc) is 2.72. The zero-order chi connectivity index (χ0) is 19.4. The molecule has 27 heavy (non-hydrogen) atoms. The van der Waals surface area contributed by atoms with Crippen LogP contribution < -0.4 is 9.47 Å². The molecule has 1 amide bonds. The van der Waals surface area contributed by atoms with Crippen molar-refractivity contribution < 1.29 is 14.3 Å². The molecule has 5 nitrogen and oxygen atoms in total. The number of methoxy groups -OCH3 is 1. The second kappa shape index (κ2) is 7.87. The highest BCUT2D eigenvalue weighted by Gasteiger charge is 2.40. The van der Waals surface area contributed by atoms with E-state index in [1.165, 1.54) is 0 Å². The molecule has 1 aliphatic rings. The molecule has 0 saturated heterocycles. The molecule has 2 aromatic rings. The quantitative estimate of drug-likeness (QED) is 0.791. The van der Waals surface area contributed by atoms with Crippen LogP contribution in [0.15, 0.2) is 36.4 Å². The van der Waals surface area contributed by atoms with Crippen LogP contribution in [0, 0.1) is 11.3 Å². The molecule has 0 spiro atoms. The summed E-state index contributed by atoms with van der Waals surface area (Å²) < 4.78 is 11.2. The van der Waals surface area contributed by atoms with Crippen LogP contribution in [0.1, 0.15) is 39.0 Å². The molecule has 5 heteroatoms. The van der Waals surface area contributed by atoms with Gasteiger partial charge in [0.25, 0.3) is 5.91 Å². The standard InChI is InChI=1S/C22H26N2O3/c1-16(21(25)24(2)22(15-23)11-5-4-6-12-22)27-20-10-8-17-7-9-19(26-3)13-18(17)14-20/h7-10,13-14,16H,4-6,11-12H2,1-3H3/t16-/m1/s1. The minimum Gasteiger partial charge on any atom is -0.497 e. The van der Waals surface area contributed by atoms with Crippen LogP contribution in [0.2, 0.25) is 0 Å². The molecular weight excluding hydrogens is 340 g/mol. The normalized spacial score (nSPS) is 17.0. The first-order chi connectivity index (χ1) is 13.0. The van der Waals surface area contributed by atoms with Gasteiger partial charge in [-0.2, -0.15) is 5.26 Å². The van der Waals surface area contributed by atoms with Gasteiger partial charge in [0.1, 0.15) is 17.0 Å². The fourth-order valence-corrected chi connectivity index (χ4v) is 3.80. The summed E-state index contributed by atoms with van der Waals surface area (Å²) in [7, 11) is 3.36. The molecular formula is C22H26N2O3. The zero-order valence-electron chi connectivity index (χ0n) is 16.2. The Hall–Kier alpha value is -2.74. The van der Waals surface area contributed by atoms with E-state index >= 15 is 0 Å². The van der Waals surface area contributed by atoms with Crippen LogP contribution in [0.4, 0.5) is 0 Å². The second-order valence-electron chi connectivity index (χ2n) is 7.24.